The predicted molar refractivity (Wildman–Crippen MR) is 89.9 cm³/mol. The van der Waals surface area contributed by atoms with E-state index < -0.39 is 0 Å². The molecule has 1 aliphatic rings. The van der Waals surface area contributed by atoms with Crippen LogP contribution in [0.1, 0.15) is 41.1 Å². The molecule has 1 atom stereocenters. The van der Waals surface area contributed by atoms with Gasteiger partial charge in [0.2, 0.25) is 0 Å². The molecule has 0 aromatic carbocycles. The Kier molecular flexibility index (Phi) is 3.59. The fraction of sp³-hybridized carbons (Fsp3) is 0.389. The lowest BCUT2D eigenvalue weighted by Crippen LogP contribution is -2.29. The van der Waals surface area contributed by atoms with Crippen LogP contribution in [0.15, 0.2) is 35.1 Å². The number of nitrogens with zero attached hydrogens (tertiary/aromatic N) is 4. The van der Waals surface area contributed by atoms with Crippen LogP contribution >= 0.6 is 0 Å². The molecule has 4 heterocycles. The van der Waals surface area contributed by atoms with E-state index in [2.05, 4.69) is 10.1 Å². The van der Waals surface area contributed by atoms with Gasteiger partial charge < -0.3 is 9.32 Å². The Labute approximate surface area is 140 Å². The summed E-state index contributed by atoms with van der Waals surface area (Å²) in [4.78, 5) is 19.4. The number of furan rings is 1. The van der Waals surface area contributed by atoms with Gasteiger partial charge in [-0.25, -0.2) is 9.67 Å². The summed E-state index contributed by atoms with van der Waals surface area (Å²) >= 11 is 0. The van der Waals surface area contributed by atoms with Gasteiger partial charge >= 0.3 is 0 Å². The van der Waals surface area contributed by atoms with Gasteiger partial charge in [0.15, 0.2) is 5.65 Å². The second kappa shape index (κ2) is 5.78. The van der Waals surface area contributed by atoms with Crippen LogP contribution in [0.25, 0.3) is 11.0 Å². The second-order valence-electron chi connectivity index (χ2n) is 6.25. The SMILES string of the molecule is CCn1ncc2cc(C(=O)N3CCC(c4ccco4)C3)c(C)nc21. The maximum absolute atomic E-state index is 12.9. The largest absolute Gasteiger partial charge is 0.469 e. The Morgan fingerprint density at radius 2 is 2.33 bits per heavy atom. The average molecular weight is 324 g/mol. The molecule has 1 amide bonds. The first kappa shape index (κ1) is 14.9. The molecule has 124 valence electrons. The summed E-state index contributed by atoms with van der Waals surface area (Å²) in [5.74, 6) is 1.28. The topological polar surface area (TPSA) is 64.2 Å². The van der Waals surface area contributed by atoms with Crippen molar-refractivity contribution in [3.05, 3.63) is 47.7 Å². The number of fused-ring (bicyclic) bond motifs is 1. The Morgan fingerprint density at radius 1 is 1.46 bits per heavy atom. The van der Waals surface area contributed by atoms with Crippen LogP contribution in [0.3, 0.4) is 0 Å². The maximum atomic E-state index is 12.9. The van der Waals surface area contributed by atoms with Crippen molar-refractivity contribution in [2.75, 3.05) is 13.1 Å². The zero-order valence-corrected chi connectivity index (χ0v) is 13.9. The van der Waals surface area contributed by atoms with E-state index in [-0.39, 0.29) is 11.8 Å². The highest BCUT2D eigenvalue weighted by Crippen LogP contribution is 2.29. The first-order chi connectivity index (χ1) is 11.7. The third-order valence-corrected chi connectivity index (χ3v) is 4.75. The number of pyridine rings is 1. The lowest BCUT2D eigenvalue weighted by Gasteiger charge is -2.17. The monoisotopic (exact) mass is 324 g/mol. The van der Waals surface area contributed by atoms with E-state index in [1.807, 2.05) is 41.6 Å². The standard InChI is InChI=1S/C18H20N4O2/c1-3-22-17-14(10-19-22)9-15(12(2)20-17)18(23)21-7-6-13(11-21)16-5-4-8-24-16/h4-5,8-10,13H,3,6-7,11H2,1-2H3. The van der Waals surface area contributed by atoms with E-state index in [0.29, 0.717) is 12.1 Å². The van der Waals surface area contributed by atoms with Crippen molar-refractivity contribution in [2.45, 2.75) is 32.7 Å². The van der Waals surface area contributed by atoms with E-state index in [1.165, 1.54) is 0 Å². The summed E-state index contributed by atoms with van der Waals surface area (Å²) in [7, 11) is 0. The van der Waals surface area contributed by atoms with Crippen LogP contribution in [0.2, 0.25) is 0 Å². The highest BCUT2D eigenvalue weighted by atomic mass is 16.3. The van der Waals surface area contributed by atoms with Crippen molar-refractivity contribution in [3.8, 4) is 0 Å². The van der Waals surface area contributed by atoms with Crippen molar-refractivity contribution in [1.29, 1.82) is 0 Å². The van der Waals surface area contributed by atoms with Gasteiger partial charge in [0.1, 0.15) is 5.76 Å². The number of likely N-dealkylation sites (tertiary alicyclic amines) is 1. The first-order valence-corrected chi connectivity index (χ1v) is 8.33. The summed E-state index contributed by atoms with van der Waals surface area (Å²) in [5, 5.41) is 5.23. The number of rotatable bonds is 3. The number of carbonyl (C=O) groups excluding carboxylic acids is 1. The van der Waals surface area contributed by atoms with Crippen molar-refractivity contribution in [1.82, 2.24) is 19.7 Å². The molecule has 3 aromatic heterocycles. The fourth-order valence-corrected chi connectivity index (χ4v) is 3.42. The van der Waals surface area contributed by atoms with Crippen LogP contribution in [0.5, 0.6) is 0 Å². The molecule has 1 aliphatic heterocycles. The van der Waals surface area contributed by atoms with Crippen molar-refractivity contribution in [3.63, 3.8) is 0 Å². The van der Waals surface area contributed by atoms with E-state index in [9.17, 15) is 4.79 Å². The number of hydrogen-bond donors (Lipinski definition) is 0. The second-order valence-corrected chi connectivity index (χ2v) is 6.25. The third-order valence-electron chi connectivity index (χ3n) is 4.75. The highest BCUT2D eigenvalue weighted by molar-refractivity contribution is 5.98. The number of carbonyl (C=O) groups is 1. The van der Waals surface area contributed by atoms with E-state index in [1.54, 1.807) is 12.5 Å². The molecule has 0 bridgehead atoms. The van der Waals surface area contributed by atoms with Crippen LogP contribution in [0, 0.1) is 6.92 Å². The lowest BCUT2D eigenvalue weighted by atomic mass is 10.1. The Morgan fingerprint density at radius 3 is 3.08 bits per heavy atom. The summed E-state index contributed by atoms with van der Waals surface area (Å²) < 4.78 is 7.33. The first-order valence-electron chi connectivity index (χ1n) is 8.33. The highest BCUT2D eigenvalue weighted by Gasteiger charge is 2.30. The van der Waals surface area contributed by atoms with Gasteiger partial charge in [-0.05, 0) is 38.5 Å². The number of aromatic nitrogens is 3. The average Bonchev–Trinajstić information content (AvgIpc) is 3.32. The molecule has 0 N–H and O–H groups in total. The molecule has 1 fully saturated rings. The van der Waals surface area contributed by atoms with Gasteiger partial charge in [0.25, 0.3) is 5.91 Å². The number of amides is 1. The summed E-state index contributed by atoms with van der Waals surface area (Å²) in [6.07, 6.45) is 4.40. The number of hydrogen-bond acceptors (Lipinski definition) is 4. The third kappa shape index (κ3) is 2.38. The molecule has 0 spiro atoms. The quantitative estimate of drug-likeness (QED) is 0.743. The molecule has 4 rings (SSSR count). The van der Waals surface area contributed by atoms with Crippen molar-refractivity contribution in [2.24, 2.45) is 0 Å². The normalized spacial score (nSPS) is 17.8. The van der Waals surface area contributed by atoms with E-state index >= 15 is 0 Å². The van der Waals surface area contributed by atoms with Crippen molar-refractivity contribution < 1.29 is 9.21 Å². The predicted octanol–water partition coefficient (Wildman–Crippen LogP) is 2.98. The molecule has 0 saturated carbocycles. The zero-order chi connectivity index (χ0) is 16.7. The smallest absolute Gasteiger partial charge is 0.255 e. The van der Waals surface area contributed by atoms with E-state index in [0.717, 1.165) is 42.0 Å². The fourth-order valence-electron chi connectivity index (χ4n) is 3.42. The van der Waals surface area contributed by atoms with Gasteiger partial charge in [-0.2, -0.15) is 5.10 Å². The zero-order valence-electron chi connectivity index (χ0n) is 13.9. The van der Waals surface area contributed by atoms with Crippen LogP contribution in [0.4, 0.5) is 0 Å². The van der Waals surface area contributed by atoms with Gasteiger partial charge in [-0.15, -0.1) is 0 Å². The maximum Gasteiger partial charge on any atom is 0.255 e. The van der Waals surface area contributed by atoms with Crippen LogP contribution in [-0.2, 0) is 6.54 Å². The lowest BCUT2D eigenvalue weighted by molar-refractivity contribution is 0.0789. The van der Waals surface area contributed by atoms with E-state index in [4.69, 9.17) is 4.42 Å². The van der Waals surface area contributed by atoms with Gasteiger partial charge in [-0.3, -0.25) is 4.79 Å². The van der Waals surface area contributed by atoms with Gasteiger partial charge in [0, 0.05) is 30.9 Å². The van der Waals surface area contributed by atoms with Gasteiger partial charge in [0.05, 0.1) is 23.7 Å². The number of aryl methyl sites for hydroxylation is 2. The molecule has 1 saturated heterocycles. The Bertz CT molecular complexity index is 882. The molecule has 24 heavy (non-hydrogen) atoms. The molecular formula is C18H20N4O2. The minimum atomic E-state index is 0.0419. The summed E-state index contributed by atoms with van der Waals surface area (Å²) in [6.45, 7) is 6.12. The molecule has 0 radical (unpaired) electrons. The van der Waals surface area contributed by atoms with Gasteiger partial charge in [-0.1, -0.05) is 0 Å². The van der Waals surface area contributed by atoms with Crippen molar-refractivity contribution >= 4 is 16.9 Å². The summed E-state index contributed by atoms with van der Waals surface area (Å²) in [5.41, 5.74) is 2.25. The minimum Gasteiger partial charge on any atom is -0.469 e. The van der Waals surface area contributed by atoms with Crippen LogP contribution < -0.4 is 0 Å². The molecule has 3 aromatic rings. The summed E-state index contributed by atoms with van der Waals surface area (Å²) in [6, 6.07) is 5.79. The van der Waals surface area contributed by atoms with Crippen LogP contribution in [-0.4, -0.2) is 38.7 Å². The Hall–Kier alpha value is -2.63. The molecule has 0 aliphatic carbocycles. The molecule has 6 heteroatoms. The minimum absolute atomic E-state index is 0.0419. The molecule has 6 nitrogen and oxygen atoms in total. The molecule has 1 unspecified atom stereocenters. The molecular weight excluding hydrogens is 304 g/mol. The Balaban J connectivity index is 1.60.